The lowest BCUT2D eigenvalue weighted by atomic mass is 9.95. The van der Waals surface area contributed by atoms with E-state index in [2.05, 4.69) is 41.8 Å². The first kappa shape index (κ1) is 12.4. The molecular formula is C15H24N2. The van der Waals surface area contributed by atoms with Crippen molar-refractivity contribution in [3.8, 4) is 0 Å². The van der Waals surface area contributed by atoms with Crippen LogP contribution in [0.25, 0.3) is 0 Å². The largest absolute Gasteiger partial charge is 0.384 e. The Morgan fingerprint density at radius 1 is 1.12 bits per heavy atom. The molecule has 0 spiro atoms. The molecule has 1 aliphatic rings. The van der Waals surface area contributed by atoms with Gasteiger partial charge in [-0.2, -0.15) is 0 Å². The Morgan fingerprint density at radius 3 is 2.71 bits per heavy atom. The maximum Gasteiger partial charge on any atom is 0.0343 e. The van der Waals surface area contributed by atoms with E-state index in [0.29, 0.717) is 0 Å². The molecule has 0 bridgehead atoms. The van der Waals surface area contributed by atoms with Crippen molar-refractivity contribution in [3.05, 3.63) is 29.8 Å². The van der Waals surface area contributed by atoms with Crippen molar-refractivity contribution < 1.29 is 0 Å². The zero-order valence-corrected chi connectivity index (χ0v) is 10.8. The number of rotatable bonds is 5. The monoisotopic (exact) mass is 232 g/mol. The molecule has 0 aromatic heterocycles. The van der Waals surface area contributed by atoms with E-state index in [-0.39, 0.29) is 0 Å². The molecule has 2 rings (SSSR count). The average molecular weight is 232 g/mol. The van der Waals surface area contributed by atoms with E-state index in [4.69, 9.17) is 0 Å². The Bertz CT molecular complexity index is 329. The third-order valence-corrected chi connectivity index (χ3v) is 3.51. The van der Waals surface area contributed by atoms with Gasteiger partial charge in [-0.25, -0.2) is 0 Å². The highest BCUT2D eigenvalue weighted by Crippen LogP contribution is 2.17. The summed E-state index contributed by atoms with van der Waals surface area (Å²) in [7, 11) is 0. The summed E-state index contributed by atoms with van der Waals surface area (Å²) in [5, 5.41) is 7.11. The molecule has 17 heavy (non-hydrogen) atoms. The van der Waals surface area contributed by atoms with Gasteiger partial charge < -0.3 is 10.6 Å². The SMILES string of the molecule is Cc1cccc(NCCNC2CCCCC2)c1. The molecule has 1 fully saturated rings. The average Bonchev–Trinajstić information content (AvgIpc) is 2.36. The van der Waals surface area contributed by atoms with Crippen molar-refractivity contribution >= 4 is 5.69 Å². The van der Waals surface area contributed by atoms with E-state index in [1.54, 1.807) is 0 Å². The predicted octanol–water partition coefficient (Wildman–Crippen LogP) is 3.33. The number of nitrogens with one attached hydrogen (secondary N) is 2. The van der Waals surface area contributed by atoms with Gasteiger partial charge in [0.2, 0.25) is 0 Å². The lowest BCUT2D eigenvalue weighted by Crippen LogP contribution is -2.34. The van der Waals surface area contributed by atoms with Gasteiger partial charge in [-0.3, -0.25) is 0 Å². The molecule has 2 nitrogen and oxygen atoms in total. The molecule has 1 aromatic rings. The van der Waals surface area contributed by atoms with Crippen molar-refractivity contribution in [2.24, 2.45) is 0 Å². The van der Waals surface area contributed by atoms with Crippen LogP contribution in [0.4, 0.5) is 5.69 Å². The zero-order chi connectivity index (χ0) is 11.9. The minimum Gasteiger partial charge on any atom is -0.384 e. The highest BCUT2D eigenvalue weighted by Gasteiger charge is 2.11. The van der Waals surface area contributed by atoms with Crippen molar-refractivity contribution in [1.29, 1.82) is 0 Å². The maximum atomic E-state index is 3.64. The lowest BCUT2D eigenvalue weighted by molar-refractivity contribution is 0.378. The molecule has 1 aromatic carbocycles. The van der Waals surface area contributed by atoms with Gasteiger partial charge in [0.25, 0.3) is 0 Å². The Hall–Kier alpha value is -1.02. The highest BCUT2D eigenvalue weighted by molar-refractivity contribution is 5.45. The Labute approximate surface area is 105 Å². The smallest absolute Gasteiger partial charge is 0.0343 e. The summed E-state index contributed by atoms with van der Waals surface area (Å²) >= 11 is 0. The first-order valence-corrected chi connectivity index (χ1v) is 6.88. The maximum absolute atomic E-state index is 3.64. The topological polar surface area (TPSA) is 24.1 Å². The van der Waals surface area contributed by atoms with E-state index in [0.717, 1.165) is 19.1 Å². The quantitative estimate of drug-likeness (QED) is 0.761. The molecule has 0 heterocycles. The highest BCUT2D eigenvalue weighted by atomic mass is 15.0. The van der Waals surface area contributed by atoms with Gasteiger partial charge in [0.05, 0.1) is 0 Å². The van der Waals surface area contributed by atoms with Crippen molar-refractivity contribution in [1.82, 2.24) is 5.32 Å². The molecule has 2 N–H and O–H groups in total. The van der Waals surface area contributed by atoms with E-state index in [1.165, 1.54) is 43.4 Å². The second-order valence-corrected chi connectivity index (χ2v) is 5.09. The second-order valence-electron chi connectivity index (χ2n) is 5.09. The van der Waals surface area contributed by atoms with Crippen LogP contribution in [0.2, 0.25) is 0 Å². The summed E-state index contributed by atoms with van der Waals surface area (Å²) in [6.07, 6.45) is 6.97. The number of anilines is 1. The van der Waals surface area contributed by atoms with Crippen LogP contribution in [0.5, 0.6) is 0 Å². The van der Waals surface area contributed by atoms with Gasteiger partial charge in [0.15, 0.2) is 0 Å². The summed E-state index contributed by atoms with van der Waals surface area (Å²) in [5.74, 6) is 0. The first-order chi connectivity index (χ1) is 8.34. The molecule has 0 aliphatic heterocycles. The number of aryl methyl sites for hydroxylation is 1. The summed E-state index contributed by atoms with van der Waals surface area (Å²) in [5.41, 5.74) is 2.55. The Kier molecular flexibility index (Phi) is 4.87. The van der Waals surface area contributed by atoms with E-state index >= 15 is 0 Å². The third-order valence-electron chi connectivity index (χ3n) is 3.51. The molecule has 0 saturated heterocycles. The van der Waals surface area contributed by atoms with Crippen LogP contribution in [0, 0.1) is 6.92 Å². The van der Waals surface area contributed by atoms with Crippen molar-refractivity contribution in [2.45, 2.75) is 45.1 Å². The van der Waals surface area contributed by atoms with Crippen LogP contribution in [-0.4, -0.2) is 19.1 Å². The first-order valence-electron chi connectivity index (χ1n) is 6.88. The van der Waals surface area contributed by atoms with Gasteiger partial charge in [0, 0.05) is 24.8 Å². The van der Waals surface area contributed by atoms with Gasteiger partial charge >= 0.3 is 0 Å². The fourth-order valence-electron chi connectivity index (χ4n) is 2.54. The third kappa shape index (κ3) is 4.39. The van der Waals surface area contributed by atoms with Gasteiger partial charge in [0.1, 0.15) is 0 Å². The summed E-state index contributed by atoms with van der Waals surface area (Å²) in [4.78, 5) is 0. The fourth-order valence-corrected chi connectivity index (χ4v) is 2.54. The van der Waals surface area contributed by atoms with Crippen molar-refractivity contribution in [2.75, 3.05) is 18.4 Å². The molecule has 0 atom stereocenters. The van der Waals surface area contributed by atoms with Gasteiger partial charge in [-0.15, -0.1) is 0 Å². The zero-order valence-electron chi connectivity index (χ0n) is 10.8. The van der Waals surface area contributed by atoms with Crippen LogP contribution in [0.1, 0.15) is 37.7 Å². The molecular weight excluding hydrogens is 208 g/mol. The minimum atomic E-state index is 0.767. The van der Waals surface area contributed by atoms with Crippen molar-refractivity contribution in [3.63, 3.8) is 0 Å². The molecule has 1 saturated carbocycles. The minimum absolute atomic E-state index is 0.767. The number of hydrogen-bond donors (Lipinski definition) is 2. The van der Waals surface area contributed by atoms with Crippen LogP contribution in [0.3, 0.4) is 0 Å². The van der Waals surface area contributed by atoms with Crippen LogP contribution >= 0.6 is 0 Å². The summed E-state index contributed by atoms with van der Waals surface area (Å²) < 4.78 is 0. The standard InChI is InChI=1S/C15H24N2/c1-13-6-5-9-15(12-13)17-11-10-16-14-7-3-2-4-8-14/h5-6,9,12,14,16-17H,2-4,7-8,10-11H2,1H3. The second kappa shape index (κ2) is 6.65. The molecule has 2 heteroatoms. The summed E-state index contributed by atoms with van der Waals surface area (Å²) in [6.45, 7) is 4.21. The van der Waals surface area contributed by atoms with Crippen LogP contribution in [0.15, 0.2) is 24.3 Å². The predicted molar refractivity (Wildman–Crippen MR) is 74.5 cm³/mol. The van der Waals surface area contributed by atoms with Crippen LogP contribution in [-0.2, 0) is 0 Å². The Balaban J connectivity index is 1.62. The fraction of sp³-hybridized carbons (Fsp3) is 0.600. The number of benzene rings is 1. The van der Waals surface area contributed by atoms with Gasteiger partial charge in [-0.05, 0) is 37.5 Å². The number of hydrogen-bond acceptors (Lipinski definition) is 2. The van der Waals surface area contributed by atoms with E-state index < -0.39 is 0 Å². The Morgan fingerprint density at radius 2 is 1.94 bits per heavy atom. The van der Waals surface area contributed by atoms with E-state index in [9.17, 15) is 0 Å². The molecule has 1 aliphatic carbocycles. The van der Waals surface area contributed by atoms with Gasteiger partial charge in [-0.1, -0.05) is 31.4 Å². The molecule has 0 unspecified atom stereocenters. The van der Waals surface area contributed by atoms with Crippen LogP contribution < -0.4 is 10.6 Å². The van der Waals surface area contributed by atoms with E-state index in [1.807, 2.05) is 0 Å². The molecule has 0 amide bonds. The molecule has 0 radical (unpaired) electrons. The molecule has 94 valence electrons. The summed E-state index contributed by atoms with van der Waals surface area (Å²) in [6, 6.07) is 9.33. The normalized spacial score (nSPS) is 17.0. The lowest BCUT2D eigenvalue weighted by Gasteiger charge is -2.23.